The number of halogens is 2. The van der Waals surface area contributed by atoms with Crippen LogP contribution in [0.4, 0.5) is 0 Å². The smallest absolute Gasteiger partial charge is 0.328 e. The fraction of sp³-hybridized carbons (Fsp3) is 0.429. The highest BCUT2D eigenvalue weighted by Crippen LogP contribution is 2.20. The minimum Gasteiger partial charge on any atom is -0.467 e. The third-order valence-electron chi connectivity index (χ3n) is 2.76. The molecule has 1 rings (SSSR count). The number of benzene rings is 1. The van der Waals surface area contributed by atoms with Crippen molar-refractivity contribution in [3.05, 3.63) is 32.7 Å². The van der Waals surface area contributed by atoms with E-state index < -0.39 is 12.0 Å². The first kappa shape index (κ1) is 17.2. The standard InChI is InChI=1S/C14H17Br2NO3/c1-3-4-5-12(14(19)20-2)17-13(18)9-6-10(15)8-11(16)7-9/h6-8,12H,3-5H2,1-2H3,(H,17,18)/t12-/m1/s1. The maximum Gasteiger partial charge on any atom is 0.328 e. The second-order valence-corrected chi connectivity index (χ2v) is 6.18. The molecule has 0 spiro atoms. The van der Waals surface area contributed by atoms with Gasteiger partial charge in [0, 0.05) is 14.5 Å². The van der Waals surface area contributed by atoms with Gasteiger partial charge in [-0.15, -0.1) is 0 Å². The minimum atomic E-state index is -0.606. The van der Waals surface area contributed by atoms with Crippen molar-refractivity contribution in [3.63, 3.8) is 0 Å². The summed E-state index contributed by atoms with van der Waals surface area (Å²) in [7, 11) is 1.32. The van der Waals surface area contributed by atoms with E-state index >= 15 is 0 Å². The molecule has 0 heterocycles. The molecule has 6 heteroatoms. The van der Waals surface area contributed by atoms with Crippen LogP contribution < -0.4 is 5.32 Å². The van der Waals surface area contributed by atoms with E-state index in [0.717, 1.165) is 21.8 Å². The Morgan fingerprint density at radius 2 is 1.85 bits per heavy atom. The van der Waals surface area contributed by atoms with Crippen LogP contribution >= 0.6 is 31.9 Å². The molecule has 1 amide bonds. The third kappa shape index (κ3) is 5.25. The summed E-state index contributed by atoms with van der Waals surface area (Å²) >= 11 is 6.66. The van der Waals surface area contributed by atoms with Gasteiger partial charge in [0.15, 0.2) is 0 Å². The number of unbranched alkanes of at least 4 members (excludes halogenated alkanes) is 1. The van der Waals surface area contributed by atoms with Crippen molar-refractivity contribution in [1.82, 2.24) is 5.32 Å². The van der Waals surface area contributed by atoms with Crippen molar-refractivity contribution >= 4 is 43.7 Å². The highest BCUT2D eigenvalue weighted by molar-refractivity contribution is 9.11. The molecule has 110 valence electrons. The van der Waals surface area contributed by atoms with Crippen LogP contribution in [0.2, 0.25) is 0 Å². The summed E-state index contributed by atoms with van der Waals surface area (Å²) in [5.74, 6) is -0.709. The molecule has 1 aromatic rings. The zero-order chi connectivity index (χ0) is 15.1. The second kappa shape index (κ2) is 8.42. The summed E-state index contributed by atoms with van der Waals surface area (Å²) in [4.78, 5) is 23.8. The number of nitrogens with one attached hydrogen (secondary N) is 1. The highest BCUT2D eigenvalue weighted by atomic mass is 79.9. The maximum absolute atomic E-state index is 12.2. The second-order valence-electron chi connectivity index (χ2n) is 4.35. The Bertz CT molecular complexity index is 471. The zero-order valence-electron chi connectivity index (χ0n) is 11.4. The molecule has 0 aliphatic heterocycles. The van der Waals surface area contributed by atoms with Crippen LogP contribution in [-0.4, -0.2) is 25.0 Å². The monoisotopic (exact) mass is 405 g/mol. The van der Waals surface area contributed by atoms with Crippen LogP contribution in [0, 0.1) is 0 Å². The maximum atomic E-state index is 12.2. The van der Waals surface area contributed by atoms with Crippen LogP contribution in [0.25, 0.3) is 0 Å². The molecule has 20 heavy (non-hydrogen) atoms. The topological polar surface area (TPSA) is 55.4 Å². The summed E-state index contributed by atoms with van der Waals surface area (Å²) in [6, 6.07) is 4.64. The number of rotatable bonds is 6. The molecule has 0 radical (unpaired) electrons. The van der Waals surface area contributed by atoms with Gasteiger partial charge in [0.25, 0.3) is 5.91 Å². The first-order chi connectivity index (χ1) is 9.47. The SMILES string of the molecule is CCCC[C@@H](NC(=O)c1cc(Br)cc(Br)c1)C(=O)OC. The predicted octanol–water partition coefficient (Wildman–Crippen LogP) is 3.67. The minimum absolute atomic E-state index is 0.293. The lowest BCUT2D eigenvalue weighted by Gasteiger charge is -2.16. The number of hydrogen-bond acceptors (Lipinski definition) is 3. The van der Waals surface area contributed by atoms with Gasteiger partial charge in [0.05, 0.1) is 7.11 Å². The number of carbonyl (C=O) groups excluding carboxylic acids is 2. The Balaban J connectivity index is 2.81. The number of amides is 1. The Morgan fingerprint density at radius 3 is 2.35 bits per heavy atom. The van der Waals surface area contributed by atoms with Gasteiger partial charge in [0.1, 0.15) is 6.04 Å². The van der Waals surface area contributed by atoms with Crippen LogP contribution in [0.5, 0.6) is 0 Å². The molecule has 0 fully saturated rings. The molecule has 0 aliphatic carbocycles. The largest absolute Gasteiger partial charge is 0.467 e. The van der Waals surface area contributed by atoms with Crippen LogP contribution in [0.15, 0.2) is 27.1 Å². The van der Waals surface area contributed by atoms with Gasteiger partial charge in [-0.2, -0.15) is 0 Å². The van der Waals surface area contributed by atoms with Crippen molar-refractivity contribution in [2.24, 2.45) is 0 Å². The molecule has 1 atom stereocenters. The molecular weight excluding hydrogens is 390 g/mol. The molecule has 4 nitrogen and oxygen atoms in total. The summed E-state index contributed by atoms with van der Waals surface area (Å²) in [6.07, 6.45) is 2.37. The molecule has 0 unspecified atom stereocenters. The lowest BCUT2D eigenvalue weighted by atomic mass is 10.1. The molecule has 0 saturated carbocycles. The predicted molar refractivity (Wildman–Crippen MR) is 84.6 cm³/mol. The molecule has 1 aromatic carbocycles. The van der Waals surface area contributed by atoms with E-state index in [4.69, 9.17) is 4.74 Å². The molecule has 0 bridgehead atoms. The molecule has 0 aromatic heterocycles. The highest BCUT2D eigenvalue weighted by Gasteiger charge is 2.21. The molecular formula is C14H17Br2NO3. The van der Waals surface area contributed by atoms with E-state index in [1.807, 2.05) is 13.0 Å². The van der Waals surface area contributed by atoms with Gasteiger partial charge in [0.2, 0.25) is 0 Å². The molecule has 1 N–H and O–H groups in total. The third-order valence-corrected chi connectivity index (χ3v) is 3.68. The van der Waals surface area contributed by atoms with E-state index in [1.165, 1.54) is 7.11 Å². The van der Waals surface area contributed by atoms with Gasteiger partial charge >= 0.3 is 5.97 Å². The quantitative estimate of drug-likeness (QED) is 0.733. The van der Waals surface area contributed by atoms with Gasteiger partial charge in [-0.25, -0.2) is 4.79 Å². The average molecular weight is 407 g/mol. The molecule has 0 saturated heterocycles. The van der Waals surface area contributed by atoms with Crippen molar-refractivity contribution in [1.29, 1.82) is 0 Å². The number of methoxy groups -OCH3 is 1. The number of hydrogen-bond donors (Lipinski definition) is 1. The first-order valence-corrected chi connectivity index (χ1v) is 7.91. The van der Waals surface area contributed by atoms with Crippen LogP contribution in [0.3, 0.4) is 0 Å². The van der Waals surface area contributed by atoms with E-state index in [2.05, 4.69) is 37.2 Å². The number of esters is 1. The van der Waals surface area contributed by atoms with Crippen molar-refractivity contribution < 1.29 is 14.3 Å². The van der Waals surface area contributed by atoms with Gasteiger partial charge in [-0.05, 0) is 24.6 Å². The number of ether oxygens (including phenoxy) is 1. The molecule has 0 aliphatic rings. The Kier molecular flexibility index (Phi) is 7.23. The van der Waals surface area contributed by atoms with E-state index in [9.17, 15) is 9.59 Å². The van der Waals surface area contributed by atoms with Crippen molar-refractivity contribution in [3.8, 4) is 0 Å². The fourth-order valence-corrected chi connectivity index (χ4v) is 3.02. The average Bonchev–Trinajstić information content (AvgIpc) is 2.41. The summed E-state index contributed by atoms with van der Waals surface area (Å²) in [5, 5.41) is 2.72. The zero-order valence-corrected chi connectivity index (χ0v) is 14.6. The van der Waals surface area contributed by atoms with Gasteiger partial charge in [-0.1, -0.05) is 51.6 Å². The normalized spacial score (nSPS) is 11.8. The summed E-state index contributed by atoms with van der Waals surface area (Å²) < 4.78 is 6.31. The van der Waals surface area contributed by atoms with Crippen LogP contribution in [-0.2, 0) is 9.53 Å². The Labute approximate surface area is 135 Å². The Hall–Kier alpha value is -0.880. The van der Waals surface area contributed by atoms with E-state index in [1.54, 1.807) is 12.1 Å². The van der Waals surface area contributed by atoms with E-state index in [0.29, 0.717) is 12.0 Å². The Morgan fingerprint density at radius 1 is 1.25 bits per heavy atom. The van der Waals surface area contributed by atoms with Gasteiger partial charge in [-0.3, -0.25) is 4.79 Å². The lowest BCUT2D eigenvalue weighted by Crippen LogP contribution is -2.41. The lowest BCUT2D eigenvalue weighted by molar-refractivity contribution is -0.143. The summed E-state index contributed by atoms with van der Waals surface area (Å²) in [6.45, 7) is 2.03. The number of carbonyl (C=O) groups is 2. The van der Waals surface area contributed by atoms with E-state index in [-0.39, 0.29) is 5.91 Å². The van der Waals surface area contributed by atoms with Crippen molar-refractivity contribution in [2.75, 3.05) is 7.11 Å². The first-order valence-electron chi connectivity index (χ1n) is 6.32. The van der Waals surface area contributed by atoms with Gasteiger partial charge < -0.3 is 10.1 Å². The van der Waals surface area contributed by atoms with Crippen molar-refractivity contribution in [2.45, 2.75) is 32.2 Å². The summed E-state index contributed by atoms with van der Waals surface area (Å²) in [5.41, 5.74) is 0.483. The fourth-order valence-electron chi connectivity index (χ4n) is 1.73. The van der Waals surface area contributed by atoms with Crippen LogP contribution in [0.1, 0.15) is 36.5 Å².